The van der Waals surface area contributed by atoms with Crippen LogP contribution < -0.4 is 10.2 Å². The van der Waals surface area contributed by atoms with Crippen LogP contribution in [0.25, 0.3) is 0 Å². The Balaban J connectivity index is 1.70. The lowest BCUT2D eigenvalue weighted by atomic mass is 9.94. The number of carbonyl (C=O) groups is 1. The summed E-state index contributed by atoms with van der Waals surface area (Å²) >= 11 is 0. The molecule has 1 aliphatic carbocycles. The number of anilines is 2. The second-order valence-electron chi connectivity index (χ2n) is 7.94. The molecule has 6 nitrogen and oxygen atoms in total. The molecule has 156 valence electrons. The van der Waals surface area contributed by atoms with E-state index in [4.69, 9.17) is 0 Å². The van der Waals surface area contributed by atoms with Crippen molar-refractivity contribution in [3.63, 3.8) is 0 Å². The van der Waals surface area contributed by atoms with Crippen molar-refractivity contribution >= 4 is 27.3 Å². The van der Waals surface area contributed by atoms with E-state index in [1.807, 2.05) is 11.9 Å². The normalized spacial score (nSPS) is 22.0. The first-order valence-electron chi connectivity index (χ1n) is 10.1. The van der Waals surface area contributed by atoms with Gasteiger partial charge in [0.1, 0.15) is 11.9 Å². The SMILES string of the molecule is CN(c1ccc(NC(=O)[C@H]2CCCCN2S(C)(=O)=O)cc1F)C1CCCCC1. The monoisotopic (exact) mass is 411 g/mol. The lowest BCUT2D eigenvalue weighted by molar-refractivity contribution is -0.120. The summed E-state index contributed by atoms with van der Waals surface area (Å²) in [6, 6.07) is 4.30. The summed E-state index contributed by atoms with van der Waals surface area (Å²) in [5.74, 6) is -0.785. The number of sulfonamides is 1. The van der Waals surface area contributed by atoms with Gasteiger partial charge in [-0.15, -0.1) is 0 Å². The molecule has 3 rings (SSSR count). The van der Waals surface area contributed by atoms with E-state index in [1.165, 1.54) is 29.6 Å². The molecule has 0 aromatic heterocycles. The number of nitrogens with zero attached hydrogens (tertiary/aromatic N) is 2. The zero-order valence-electron chi connectivity index (χ0n) is 16.7. The van der Waals surface area contributed by atoms with Crippen LogP contribution in [0.2, 0.25) is 0 Å². The molecule has 2 fully saturated rings. The highest BCUT2D eigenvalue weighted by molar-refractivity contribution is 7.88. The van der Waals surface area contributed by atoms with Gasteiger partial charge in [-0.2, -0.15) is 4.31 Å². The van der Waals surface area contributed by atoms with Crippen molar-refractivity contribution in [2.75, 3.05) is 30.1 Å². The Kier molecular flexibility index (Phi) is 6.60. The van der Waals surface area contributed by atoms with E-state index in [0.29, 0.717) is 30.4 Å². The summed E-state index contributed by atoms with van der Waals surface area (Å²) in [6.45, 7) is 0.344. The molecule has 1 aromatic carbocycles. The summed E-state index contributed by atoms with van der Waals surface area (Å²) < 4.78 is 39.9. The molecular formula is C20H30FN3O3S. The van der Waals surface area contributed by atoms with E-state index in [2.05, 4.69) is 5.32 Å². The number of carbonyl (C=O) groups excluding carboxylic acids is 1. The second-order valence-corrected chi connectivity index (χ2v) is 9.88. The molecule has 0 spiro atoms. The van der Waals surface area contributed by atoms with Crippen LogP contribution in [0.5, 0.6) is 0 Å². The van der Waals surface area contributed by atoms with Crippen LogP contribution in [0.4, 0.5) is 15.8 Å². The van der Waals surface area contributed by atoms with Crippen LogP contribution >= 0.6 is 0 Å². The van der Waals surface area contributed by atoms with Crippen molar-refractivity contribution in [2.45, 2.75) is 63.5 Å². The average molecular weight is 412 g/mol. The quantitative estimate of drug-likeness (QED) is 0.807. The van der Waals surface area contributed by atoms with Crippen LogP contribution in [0.15, 0.2) is 18.2 Å². The van der Waals surface area contributed by atoms with E-state index in [-0.39, 0.29) is 5.82 Å². The minimum Gasteiger partial charge on any atom is -0.369 e. The van der Waals surface area contributed by atoms with Gasteiger partial charge in [0.25, 0.3) is 0 Å². The first-order chi connectivity index (χ1) is 13.3. The van der Waals surface area contributed by atoms with Gasteiger partial charge < -0.3 is 10.2 Å². The summed E-state index contributed by atoms with van der Waals surface area (Å²) in [4.78, 5) is 14.6. The van der Waals surface area contributed by atoms with E-state index >= 15 is 0 Å². The summed E-state index contributed by atoms with van der Waals surface area (Å²) in [7, 11) is -1.54. The third-order valence-corrected chi connectivity index (χ3v) is 7.19. The van der Waals surface area contributed by atoms with Gasteiger partial charge in [0.05, 0.1) is 11.9 Å². The largest absolute Gasteiger partial charge is 0.369 e. The van der Waals surface area contributed by atoms with Crippen molar-refractivity contribution in [2.24, 2.45) is 0 Å². The topological polar surface area (TPSA) is 69.7 Å². The summed E-state index contributed by atoms with van der Waals surface area (Å²) in [5.41, 5.74) is 0.877. The fourth-order valence-electron chi connectivity index (χ4n) is 4.33. The summed E-state index contributed by atoms with van der Waals surface area (Å²) in [6.07, 6.45) is 8.85. The Labute approximate surface area is 167 Å². The van der Waals surface area contributed by atoms with E-state index in [0.717, 1.165) is 31.9 Å². The molecule has 2 aliphatic rings. The van der Waals surface area contributed by atoms with Crippen molar-refractivity contribution in [1.29, 1.82) is 0 Å². The standard InChI is InChI=1S/C20H30FN3O3S/c1-23(16-8-4-3-5-9-16)18-12-11-15(14-17(18)21)22-20(25)19-10-6-7-13-24(19)28(2,26)27/h11-12,14,16,19H,3-10,13H2,1-2H3,(H,22,25)/t19-/m1/s1. The number of nitrogens with one attached hydrogen (secondary N) is 1. The van der Waals surface area contributed by atoms with Gasteiger partial charge in [-0.3, -0.25) is 4.79 Å². The number of hydrogen-bond donors (Lipinski definition) is 1. The van der Waals surface area contributed by atoms with Gasteiger partial charge in [0.15, 0.2) is 0 Å². The molecule has 1 atom stereocenters. The zero-order valence-corrected chi connectivity index (χ0v) is 17.5. The molecule has 0 bridgehead atoms. The molecule has 1 saturated heterocycles. The smallest absolute Gasteiger partial charge is 0.242 e. The number of halogens is 1. The molecule has 1 saturated carbocycles. The lowest BCUT2D eigenvalue weighted by Crippen LogP contribution is -2.49. The van der Waals surface area contributed by atoms with Crippen LogP contribution in [0.3, 0.4) is 0 Å². The molecule has 1 heterocycles. The highest BCUT2D eigenvalue weighted by Crippen LogP contribution is 2.29. The summed E-state index contributed by atoms with van der Waals surface area (Å²) in [5, 5.41) is 2.70. The number of piperidine rings is 1. The molecular weight excluding hydrogens is 381 g/mol. The molecule has 1 aromatic rings. The number of amides is 1. The number of hydrogen-bond acceptors (Lipinski definition) is 4. The molecule has 0 radical (unpaired) electrons. The Hall–Kier alpha value is -1.67. The van der Waals surface area contributed by atoms with Gasteiger partial charge in [0.2, 0.25) is 15.9 Å². The molecule has 1 aliphatic heterocycles. The molecule has 8 heteroatoms. The Morgan fingerprint density at radius 1 is 1.14 bits per heavy atom. The zero-order chi connectivity index (χ0) is 20.3. The van der Waals surface area contributed by atoms with Crippen LogP contribution in [-0.4, -0.2) is 50.6 Å². The van der Waals surface area contributed by atoms with Crippen LogP contribution in [0, 0.1) is 5.82 Å². The van der Waals surface area contributed by atoms with Crippen molar-refractivity contribution in [3.8, 4) is 0 Å². The number of benzene rings is 1. The Morgan fingerprint density at radius 3 is 2.46 bits per heavy atom. The predicted octanol–water partition coefficient (Wildman–Crippen LogP) is 3.35. The lowest BCUT2D eigenvalue weighted by Gasteiger charge is -2.33. The van der Waals surface area contributed by atoms with Crippen molar-refractivity contribution in [1.82, 2.24) is 4.31 Å². The first kappa shape index (κ1) is 21.0. The second kappa shape index (κ2) is 8.78. The van der Waals surface area contributed by atoms with E-state index < -0.39 is 22.0 Å². The maximum Gasteiger partial charge on any atom is 0.242 e. The van der Waals surface area contributed by atoms with Crippen LogP contribution in [0.1, 0.15) is 51.4 Å². The Bertz CT molecular complexity index is 809. The molecule has 1 N–H and O–H groups in total. The van der Waals surface area contributed by atoms with Gasteiger partial charge in [-0.05, 0) is 43.9 Å². The van der Waals surface area contributed by atoms with Crippen LogP contribution in [-0.2, 0) is 14.8 Å². The van der Waals surface area contributed by atoms with Gasteiger partial charge >= 0.3 is 0 Å². The predicted molar refractivity (Wildman–Crippen MR) is 109 cm³/mol. The third-order valence-electron chi connectivity index (χ3n) is 5.90. The van der Waals surface area contributed by atoms with E-state index in [9.17, 15) is 17.6 Å². The molecule has 0 unspecified atom stereocenters. The van der Waals surface area contributed by atoms with Gasteiger partial charge in [-0.25, -0.2) is 12.8 Å². The number of rotatable bonds is 5. The Morgan fingerprint density at radius 2 is 1.82 bits per heavy atom. The average Bonchev–Trinajstić information content (AvgIpc) is 2.67. The maximum absolute atomic E-state index is 14.7. The van der Waals surface area contributed by atoms with E-state index in [1.54, 1.807) is 12.1 Å². The van der Waals surface area contributed by atoms with Crippen molar-refractivity contribution in [3.05, 3.63) is 24.0 Å². The van der Waals surface area contributed by atoms with Crippen molar-refractivity contribution < 1.29 is 17.6 Å². The minimum atomic E-state index is -3.46. The first-order valence-corrected chi connectivity index (χ1v) is 11.9. The highest BCUT2D eigenvalue weighted by Gasteiger charge is 2.34. The molecule has 28 heavy (non-hydrogen) atoms. The maximum atomic E-state index is 14.7. The fraction of sp³-hybridized carbons (Fsp3) is 0.650. The highest BCUT2D eigenvalue weighted by atomic mass is 32.2. The van der Waals surface area contributed by atoms with Gasteiger partial charge in [-0.1, -0.05) is 25.7 Å². The van der Waals surface area contributed by atoms with Gasteiger partial charge in [0, 0.05) is 25.3 Å². The fourth-order valence-corrected chi connectivity index (χ4v) is 5.45. The third kappa shape index (κ3) is 4.84. The minimum absolute atomic E-state index is 0.342. The molecule has 1 amide bonds.